The van der Waals surface area contributed by atoms with Gasteiger partial charge in [0.05, 0.1) is 26.1 Å². The van der Waals surface area contributed by atoms with Crippen molar-refractivity contribution in [2.45, 2.75) is 33.4 Å². The molecule has 162 valence electrons. The van der Waals surface area contributed by atoms with Gasteiger partial charge in [0.15, 0.2) is 0 Å². The van der Waals surface area contributed by atoms with E-state index >= 15 is 0 Å². The van der Waals surface area contributed by atoms with Crippen LogP contribution in [0.5, 0.6) is 0 Å². The molecule has 0 spiro atoms. The molecule has 0 saturated heterocycles. The van der Waals surface area contributed by atoms with Crippen molar-refractivity contribution in [2.75, 3.05) is 19.6 Å². The number of carbonyl (C=O) groups excluding carboxylic acids is 2. The normalized spacial score (nSPS) is 10.9. The summed E-state index contributed by atoms with van der Waals surface area (Å²) in [6, 6.07) is 22.3. The summed E-state index contributed by atoms with van der Waals surface area (Å²) in [6.45, 7) is 8.07. The van der Waals surface area contributed by atoms with Gasteiger partial charge in [0, 0.05) is 12.1 Å². The molecular weight excluding hydrogens is 386 g/mol. The molecule has 3 N–H and O–H groups in total. The summed E-state index contributed by atoms with van der Waals surface area (Å²) in [5, 5.41) is 7.77. The van der Waals surface area contributed by atoms with E-state index in [0.717, 1.165) is 41.5 Å². The van der Waals surface area contributed by atoms with Crippen LogP contribution in [0.1, 0.15) is 30.5 Å². The lowest BCUT2D eigenvalue weighted by Gasteiger charge is -2.15. The van der Waals surface area contributed by atoms with Gasteiger partial charge < -0.3 is 15.5 Å². The van der Waals surface area contributed by atoms with Gasteiger partial charge in [-0.25, -0.2) is 0 Å². The Hall–Kier alpha value is -3.18. The smallest absolute Gasteiger partial charge is 0.239 e. The van der Waals surface area contributed by atoms with E-state index in [1.54, 1.807) is 4.90 Å². The van der Waals surface area contributed by atoms with E-state index in [-0.39, 0.29) is 24.8 Å². The van der Waals surface area contributed by atoms with E-state index in [1.807, 2.05) is 42.5 Å². The third-order valence-corrected chi connectivity index (χ3v) is 5.64. The molecule has 0 saturated carbocycles. The van der Waals surface area contributed by atoms with Crippen LogP contribution < -0.4 is 15.5 Å². The number of hydrogen-bond donors (Lipinski definition) is 3. The first kappa shape index (κ1) is 22.5. The summed E-state index contributed by atoms with van der Waals surface area (Å²) in [7, 11) is 0. The van der Waals surface area contributed by atoms with Gasteiger partial charge in [-0.1, -0.05) is 66.7 Å². The Morgan fingerprint density at radius 2 is 1.45 bits per heavy atom. The maximum atomic E-state index is 12.3. The van der Waals surface area contributed by atoms with Crippen molar-refractivity contribution in [1.29, 1.82) is 0 Å². The number of benzene rings is 3. The molecule has 5 nitrogen and oxygen atoms in total. The van der Waals surface area contributed by atoms with Gasteiger partial charge in [-0.15, -0.1) is 0 Å². The fraction of sp³-hybridized carbons (Fsp3) is 0.308. The second-order valence-electron chi connectivity index (χ2n) is 7.82. The van der Waals surface area contributed by atoms with Crippen LogP contribution in [-0.4, -0.2) is 31.4 Å². The first-order valence-electron chi connectivity index (χ1n) is 11.0. The average molecular weight is 419 g/mol. The molecule has 2 amide bonds. The molecule has 0 unspecified atom stereocenters. The Bertz CT molecular complexity index is 1010. The van der Waals surface area contributed by atoms with E-state index in [1.165, 1.54) is 5.56 Å². The SMILES string of the molecule is CC[NH+](CC)Cc1ccc(CNC(=O)CNC(=O)Cc2cccc3ccccc23)cc1. The van der Waals surface area contributed by atoms with Gasteiger partial charge in [-0.2, -0.15) is 0 Å². The highest BCUT2D eigenvalue weighted by atomic mass is 16.2. The molecule has 0 bridgehead atoms. The molecule has 0 radical (unpaired) electrons. The van der Waals surface area contributed by atoms with E-state index in [0.29, 0.717) is 6.54 Å². The zero-order chi connectivity index (χ0) is 22.1. The molecule has 3 rings (SSSR count). The van der Waals surface area contributed by atoms with Gasteiger partial charge in [-0.3, -0.25) is 9.59 Å². The van der Waals surface area contributed by atoms with E-state index in [4.69, 9.17) is 0 Å². The van der Waals surface area contributed by atoms with Gasteiger partial charge in [-0.05, 0) is 35.7 Å². The summed E-state index contributed by atoms with van der Waals surface area (Å²) in [5.41, 5.74) is 3.31. The summed E-state index contributed by atoms with van der Waals surface area (Å²) >= 11 is 0. The number of hydrogen-bond acceptors (Lipinski definition) is 2. The predicted octanol–water partition coefficient (Wildman–Crippen LogP) is 2.24. The summed E-state index contributed by atoms with van der Waals surface area (Å²) in [4.78, 5) is 26.0. The minimum atomic E-state index is -0.192. The maximum Gasteiger partial charge on any atom is 0.239 e. The minimum Gasteiger partial charge on any atom is -0.350 e. The van der Waals surface area contributed by atoms with E-state index in [2.05, 4.69) is 48.7 Å². The number of carbonyl (C=O) groups is 2. The van der Waals surface area contributed by atoms with Crippen LogP contribution in [0.2, 0.25) is 0 Å². The van der Waals surface area contributed by atoms with Crippen molar-refractivity contribution >= 4 is 22.6 Å². The topological polar surface area (TPSA) is 62.6 Å². The van der Waals surface area contributed by atoms with Crippen LogP contribution in [0, 0.1) is 0 Å². The van der Waals surface area contributed by atoms with Crippen molar-refractivity contribution in [3.63, 3.8) is 0 Å². The Morgan fingerprint density at radius 3 is 2.19 bits per heavy atom. The van der Waals surface area contributed by atoms with Gasteiger partial charge in [0.2, 0.25) is 11.8 Å². The number of rotatable bonds is 10. The zero-order valence-corrected chi connectivity index (χ0v) is 18.4. The molecule has 3 aromatic carbocycles. The van der Waals surface area contributed by atoms with Crippen molar-refractivity contribution < 1.29 is 14.5 Å². The molecule has 0 fully saturated rings. The number of amides is 2. The average Bonchev–Trinajstić information content (AvgIpc) is 2.81. The predicted molar refractivity (Wildman–Crippen MR) is 125 cm³/mol. The van der Waals surface area contributed by atoms with Crippen LogP contribution in [0.25, 0.3) is 10.8 Å². The fourth-order valence-corrected chi connectivity index (χ4v) is 3.69. The van der Waals surface area contributed by atoms with Crippen LogP contribution in [0.15, 0.2) is 66.7 Å². The van der Waals surface area contributed by atoms with Crippen LogP contribution in [0.4, 0.5) is 0 Å². The monoisotopic (exact) mass is 418 g/mol. The molecule has 0 aliphatic carbocycles. The van der Waals surface area contributed by atoms with Crippen molar-refractivity contribution in [3.05, 3.63) is 83.4 Å². The highest BCUT2D eigenvalue weighted by Gasteiger charge is 2.09. The van der Waals surface area contributed by atoms with Crippen LogP contribution in [-0.2, 0) is 29.1 Å². The number of quaternary nitrogens is 1. The molecule has 0 heterocycles. The van der Waals surface area contributed by atoms with Gasteiger partial charge in [0.25, 0.3) is 0 Å². The molecule has 5 heteroatoms. The maximum absolute atomic E-state index is 12.3. The lowest BCUT2D eigenvalue weighted by Crippen LogP contribution is -3.10. The number of nitrogens with one attached hydrogen (secondary N) is 3. The lowest BCUT2D eigenvalue weighted by molar-refractivity contribution is -0.910. The number of fused-ring (bicyclic) bond motifs is 1. The molecule has 3 aromatic rings. The van der Waals surface area contributed by atoms with Crippen molar-refractivity contribution in [3.8, 4) is 0 Å². The summed E-state index contributed by atoms with van der Waals surface area (Å²) in [5.74, 6) is -0.349. The standard InChI is InChI=1S/C26H31N3O2/c1-3-29(4-2)19-21-14-12-20(13-15-21)17-27-26(31)18-28-25(30)16-23-10-7-9-22-8-5-6-11-24(22)23/h5-15H,3-4,16-19H2,1-2H3,(H,27,31)(H,28,30)/p+1. The largest absolute Gasteiger partial charge is 0.350 e. The fourth-order valence-electron chi connectivity index (χ4n) is 3.69. The first-order valence-corrected chi connectivity index (χ1v) is 11.0. The lowest BCUT2D eigenvalue weighted by atomic mass is 10.0. The Labute approximate surface area is 184 Å². The third-order valence-electron chi connectivity index (χ3n) is 5.64. The first-order chi connectivity index (χ1) is 15.1. The van der Waals surface area contributed by atoms with Gasteiger partial charge >= 0.3 is 0 Å². The second kappa shape index (κ2) is 11.3. The van der Waals surface area contributed by atoms with Crippen LogP contribution >= 0.6 is 0 Å². The highest BCUT2D eigenvalue weighted by Crippen LogP contribution is 2.18. The Kier molecular flexibility index (Phi) is 8.19. The Balaban J connectivity index is 1.43. The quantitative estimate of drug-likeness (QED) is 0.473. The zero-order valence-electron chi connectivity index (χ0n) is 18.4. The highest BCUT2D eigenvalue weighted by molar-refractivity contribution is 5.91. The van der Waals surface area contributed by atoms with Gasteiger partial charge in [0.1, 0.15) is 6.54 Å². The van der Waals surface area contributed by atoms with Crippen LogP contribution in [0.3, 0.4) is 0 Å². The molecule has 0 atom stereocenters. The van der Waals surface area contributed by atoms with E-state index < -0.39 is 0 Å². The van der Waals surface area contributed by atoms with E-state index in [9.17, 15) is 9.59 Å². The summed E-state index contributed by atoms with van der Waals surface area (Å²) in [6.07, 6.45) is 0.255. The Morgan fingerprint density at radius 1 is 0.774 bits per heavy atom. The summed E-state index contributed by atoms with van der Waals surface area (Å²) < 4.78 is 0. The molecule has 31 heavy (non-hydrogen) atoms. The molecule has 0 aliphatic rings. The molecule has 0 aliphatic heterocycles. The van der Waals surface area contributed by atoms with Crippen molar-refractivity contribution in [1.82, 2.24) is 10.6 Å². The van der Waals surface area contributed by atoms with Crippen molar-refractivity contribution in [2.24, 2.45) is 0 Å². The molecule has 0 aromatic heterocycles. The second-order valence-corrected chi connectivity index (χ2v) is 7.82. The third kappa shape index (κ3) is 6.66. The molecular formula is C26H32N3O2+. The minimum absolute atomic E-state index is 0.0208.